The fourth-order valence-corrected chi connectivity index (χ4v) is 4.84. The molecule has 28 heavy (non-hydrogen) atoms. The molecule has 3 aromatic rings. The van der Waals surface area contributed by atoms with Gasteiger partial charge in [0.1, 0.15) is 11.9 Å². The molecule has 0 radical (unpaired) electrons. The van der Waals surface area contributed by atoms with E-state index >= 15 is 0 Å². The van der Waals surface area contributed by atoms with Gasteiger partial charge >= 0.3 is 0 Å². The average Bonchev–Trinajstić information content (AvgIpc) is 3.06. The van der Waals surface area contributed by atoms with E-state index in [0.29, 0.717) is 38.0 Å². The molecule has 1 aromatic heterocycles. The van der Waals surface area contributed by atoms with Gasteiger partial charge in [0.05, 0.1) is 10.1 Å². The highest BCUT2D eigenvalue weighted by Gasteiger charge is 2.29. The second-order valence-electron chi connectivity index (χ2n) is 6.93. The van der Waals surface area contributed by atoms with Gasteiger partial charge < -0.3 is 9.80 Å². The largest absolute Gasteiger partial charge is 0.368 e. The summed E-state index contributed by atoms with van der Waals surface area (Å²) in [6, 6.07) is 13.4. The van der Waals surface area contributed by atoms with Crippen LogP contribution in [0.3, 0.4) is 0 Å². The van der Waals surface area contributed by atoms with Crippen molar-refractivity contribution in [2.75, 3.05) is 31.1 Å². The normalized spacial score (nSPS) is 15.8. The minimum Gasteiger partial charge on any atom is -0.368 e. The summed E-state index contributed by atoms with van der Waals surface area (Å²) in [6.07, 6.45) is 0.573. The SMILES string of the molecule is CCC(C(=O)N1CCN(c2ccc(F)cc2)CC1)n1sc2ccccc2c1=O. The number of hydrogen-bond donors (Lipinski definition) is 0. The molecule has 1 fully saturated rings. The van der Waals surface area contributed by atoms with Gasteiger partial charge in [-0.2, -0.15) is 0 Å². The highest BCUT2D eigenvalue weighted by atomic mass is 32.1. The zero-order valence-electron chi connectivity index (χ0n) is 15.7. The van der Waals surface area contributed by atoms with Crippen molar-refractivity contribution in [2.45, 2.75) is 19.4 Å². The number of piperazine rings is 1. The van der Waals surface area contributed by atoms with Crippen LogP contribution in [0.15, 0.2) is 53.3 Å². The lowest BCUT2D eigenvalue weighted by molar-refractivity contribution is -0.135. The predicted octanol–water partition coefficient (Wildman–Crippen LogP) is 3.50. The van der Waals surface area contributed by atoms with Gasteiger partial charge in [-0.1, -0.05) is 30.6 Å². The molecule has 2 aromatic carbocycles. The number of amides is 1. The number of nitrogens with zero attached hydrogens (tertiary/aromatic N) is 3. The Kier molecular flexibility index (Phi) is 5.17. The molecule has 0 saturated carbocycles. The Labute approximate surface area is 166 Å². The molecule has 146 valence electrons. The lowest BCUT2D eigenvalue weighted by Crippen LogP contribution is -2.51. The molecule has 0 bridgehead atoms. The highest BCUT2D eigenvalue weighted by Crippen LogP contribution is 2.24. The molecule has 5 nitrogen and oxygen atoms in total. The molecule has 1 unspecified atom stereocenters. The Morgan fingerprint density at radius 1 is 1.07 bits per heavy atom. The maximum atomic E-state index is 13.2. The third-order valence-corrected chi connectivity index (χ3v) is 6.42. The smallest absolute Gasteiger partial charge is 0.269 e. The van der Waals surface area contributed by atoms with Crippen molar-refractivity contribution >= 4 is 33.2 Å². The number of rotatable bonds is 4. The van der Waals surface area contributed by atoms with Crippen LogP contribution >= 0.6 is 11.5 Å². The summed E-state index contributed by atoms with van der Waals surface area (Å²) < 4.78 is 15.6. The summed E-state index contributed by atoms with van der Waals surface area (Å²) in [5.74, 6) is -0.257. The lowest BCUT2D eigenvalue weighted by Gasteiger charge is -2.37. The molecule has 1 saturated heterocycles. The summed E-state index contributed by atoms with van der Waals surface area (Å²) in [7, 11) is 0. The Balaban J connectivity index is 1.49. The van der Waals surface area contributed by atoms with E-state index < -0.39 is 6.04 Å². The van der Waals surface area contributed by atoms with E-state index in [1.54, 1.807) is 16.1 Å². The summed E-state index contributed by atoms with van der Waals surface area (Å²) in [6.45, 7) is 4.50. The summed E-state index contributed by atoms with van der Waals surface area (Å²) in [4.78, 5) is 29.9. The topological polar surface area (TPSA) is 45.6 Å². The quantitative estimate of drug-likeness (QED) is 0.675. The fourth-order valence-electron chi connectivity index (χ4n) is 3.68. The average molecular weight is 399 g/mol. The number of hydrogen-bond acceptors (Lipinski definition) is 4. The summed E-state index contributed by atoms with van der Waals surface area (Å²) >= 11 is 1.36. The maximum absolute atomic E-state index is 13.2. The van der Waals surface area contributed by atoms with Crippen LogP contribution in [-0.4, -0.2) is 40.9 Å². The lowest BCUT2D eigenvalue weighted by atomic mass is 10.1. The molecule has 0 N–H and O–H groups in total. The van der Waals surface area contributed by atoms with E-state index in [0.717, 1.165) is 10.4 Å². The van der Waals surface area contributed by atoms with Crippen LogP contribution in [0.25, 0.3) is 10.1 Å². The first-order chi connectivity index (χ1) is 13.6. The number of fused-ring (bicyclic) bond motifs is 1. The minimum absolute atomic E-state index is 0.00471. The predicted molar refractivity (Wildman–Crippen MR) is 111 cm³/mol. The van der Waals surface area contributed by atoms with E-state index in [2.05, 4.69) is 4.90 Å². The number of benzene rings is 2. The van der Waals surface area contributed by atoms with Crippen molar-refractivity contribution in [3.05, 3.63) is 64.7 Å². The van der Waals surface area contributed by atoms with Crippen LogP contribution < -0.4 is 10.5 Å². The summed E-state index contributed by atoms with van der Waals surface area (Å²) in [5.41, 5.74) is 0.868. The zero-order chi connectivity index (χ0) is 19.7. The van der Waals surface area contributed by atoms with Crippen LogP contribution in [0.2, 0.25) is 0 Å². The van der Waals surface area contributed by atoms with Crippen LogP contribution in [-0.2, 0) is 4.79 Å². The first-order valence-electron chi connectivity index (χ1n) is 9.48. The monoisotopic (exact) mass is 399 g/mol. The molecule has 1 aliphatic rings. The van der Waals surface area contributed by atoms with Crippen LogP contribution in [0, 0.1) is 5.82 Å². The van der Waals surface area contributed by atoms with Gasteiger partial charge in [0.2, 0.25) is 5.91 Å². The van der Waals surface area contributed by atoms with Crippen LogP contribution in [0.5, 0.6) is 0 Å². The van der Waals surface area contributed by atoms with Crippen molar-refractivity contribution in [1.29, 1.82) is 0 Å². The fraction of sp³-hybridized carbons (Fsp3) is 0.333. The second-order valence-corrected chi connectivity index (χ2v) is 7.95. The Morgan fingerprint density at radius 2 is 1.75 bits per heavy atom. The third-order valence-electron chi connectivity index (χ3n) is 5.25. The van der Waals surface area contributed by atoms with E-state index in [-0.39, 0.29) is 17.3 Å². The van der Waals surface area contributed by atoms with Gasteiger partial charge in [-0.15, -0.1) is 0 Å². The molecule has 4 rings (SSSR count). The molecule has 1 aliphatic heterocycles. The zero-order valence-corrected chi connectivity index (χ0v) is 16.5. The Hall–Kier alpha value is -2.67. The van der Waals surface area contributed by atoms with Crippen LogP contribution in [0.1, 0.15) is 19.4 Å². The molecule has 0 spiro atoms. The standard InChI is InChI=1S/C21H22FN3O2S/c1-2-18(25-20(26)17-5-3-4-6-19(17)28-25)21(27)24-13-11-23(12-14-24)16-9-7-15(22)8-10-16/h3-10,18H,2,11-14H2,1H3. The Morgan fingerprint density at radius 3 is 2.39 bits per heavy atom. The number of anilines is 1. The van der Waals surface area contributed by atoms with Gasteiger partial charge in [-0.3, -0.25) is 13.5 Å². The molecular weight excluding hydrogens is 377 g/mol. The number of aromatic nitrogens is 1. The maximum Gasteiger partial charge on any atom is 0.269 e. The van der Waals surface area contributed by atoms with Crippen molar-refractivity contribution in [2.24, 2.45) is 0 Å². The first kappa shape index (κ1) is 18.7. The van der Waals surface area contributed by atoms with Crippen molar-refractivity contribution in [3.8, 4) is 0 Å². The molecule has 2 heterocycles. The molecule has 1 atom stereocenters. The van der Waals surface area contributed by atoms with E-state index in [4.69, 9.17) is 0 Å². The third kappa shape index (κ3) is 3.42. The Bertz CT molecular complexity index is 1040. The molecule has 1 amide bonds. The van der Waals surface area contributed by atoms with E-state index in [1.165, 1.54) is 23.7 Å². The number of carbonyl (C=O) groups is 1. The van der Waals surface area contributed by atoms with Crippen molar-refractivity contribution < 1.29 is 9.18 Å². The molecule has 7 heteroatoms. The van der Waals surface area contributed by atoms with E-state index in [1.807, 2.05) is 36.1 Å². The first-order valence-corrected chi connectivity index (χ1v) is 10.3. The number of carbonyl (C=O) groups excluding carboxylic acids is 1. The van der Waals surface area contributed by atoms with Gasteiger partial charge in [0.25, 0.3) is 5.56 Å². The van der Waals surface area contributed by atoms with Gasteiger partial charge in [-0.25, -0.2) is 4.39 Å². The minimum atomic E-state index is -0.470. The van der Waals surface area contributed by atoms with Crippen molar-refractivity contribution in [3.63, 3.8) is 0 Å². The van der Waals surface area contributed by atoms with Crippen molar-refractivity contribution in [1.82, 2.24) is 8.86 Å². The van der Waals surface area contributed by atoms with E-state index in [9.17, 15) is 14.0 Å². The number of halogens is 1. The van der Waals surface area contributed by atoms with Gasteiger partial charge in [-0.05, 0) is 42.8 Å². The van der Waals surface area contributed by atoms with Gasteiger partial charge in [0, 0.05) is 31.9 Å². The van der Waals surface area contributed by atoms with Gasteiger partial charge in [0.15, 0.2) is 0 Å². The second kappa shape index (κ2) is 7.75. The molecule has 0 aliphatic carbocycles. The highest BCUT2D eigenvalue weighted by molar-refractivity contribution is 7.14. The summed E-state index contributed by atoms with van der Waals surface area (Å²) in [5, 5.41) is 0.667. The van der Waals surface area contributed by atoms with Crippen LogP contribution in [0.4, 0.5) is 10.1 Å². The molecular formula is C21H22FN3O2S.